The van der Waals surface area contributed by atoms with Gasteiger partial charge in [0.2, 0.25) is 0 Å². The zero-order chi connectivity index (χ0) is 15.9. The fourth-order valence-corrected chi connectivity index (χ4v) is 2.02. The maximum Gasteiger partial charge on any atom is 0.338 e. The molecule has 22 heavy (non-hydrogen) atoms. The average molecular weight is 296 g/mol. The van der Waals surface area contributed by atoms with Crippen LogP contribution >= 0.6 is 0 Å². The van der Waals surface area contributed by atoms with Crippen LogP contribution in [-0.2, 0) is 9.53 Å². The number of esters is 1. The Balaban J connectivity index is 2.39. The molecule has 1 N–H and O–H groups in total. The summed E-state index contributed by atoms with van der Waals surface area (Å²) in [6.45, 7) is 2.03. The standard InChI is InChI=1S/C18H16O4/c1-2-22-18(21)15-10-6-7-13(11-15)12-16(17(19)20)14-8-4-3-5-9-14/h3-12H,2H2,1H3,(H,19,20). The monoisotopic (exact) mass is 296 g/mol. The summed E-state index contributed by atoms with van der Waals surface area (Å²) in [7, 11) is 0. The van der Waals surface area contributed by atoms with Gasteiger partial charge in [-0.05, 0) is 36.3 Å². The molecule has 2 aromatic carbocycles. The van der Waals surface area contributed by atoms with E-state index in [1.807, 2.05) is 6.07 Å². The zero-order valence-corrected chi connectivity index (χ0v) is 12.2. The number of benzene rings is 2. The van der Waals surface area contributed by atoms with Gasteiger partial charge < -0.3 is 9.84 Å². The summed E-state index contributed by atoms with van der Waals surface area (Å²) in [5.74, 6) is -1.44. The number of carboxylic acid groups (broad SMARTS) is 1. The summed E-state index contributed by atoms with van der Waals surface area (Å²) >= 11 is 0. The molecule has 0 atom stereocenters. The second-order valence-electron chi connectivity index (χ2n) is 4.58. The molecule has 0 aliphatic rings. The van der Waals surface area contributed by atoms with E-state index in [4.69, 9.17) is 4.74 Å². The molecular weight excluding hydrogens is 280 g/mol. The van der Waals surface area contributed by atoms with Gasteiger partial charge in [0.15, 0.2) is 0 Å². The lowest BCUT2D eigenvalue weighted by Gasteiger charge is -2.05. The van der Waals surface area contributed by atoms with E-state index in [1.54, 1.807) is 61.5 Å². The van der Waals surface area contributed by atoms with Gasteiger partial charge in [-0.15, -0.1) is 0 Å². The molecule has 0 amide bonds. The molecule has 0 bridgehead atoms. The summed E-state index contributed by atoms with van der Waals surface area (Å²) in [4.78, 5) is 23.2. The van der Waals surface area contributed by atoms with Crippen molar-refractivity contribution in [2.24, 2.45) is 0 Å². The molecule has 4 heteroatoms. The fraction of sp³-hybridized carbons (Fsp3) is 0.111. The first-order valence-corrected chi connectivity index (χ1v) is 6.89. The number of hydrogen-bond acceptors (Lipinski definition) is 3. The van der Waals surface area contributed by atoms with Crippen LogP contribution in [0.1, 0.15) is 28.4 Å². The Morgan fingerprint density at radius 1 is 1.05 bits per heavy atom. The highest BCUT2D eigenvalue weighted by molar-refractivity contribution is 6.20. The van der Waals surface area contributed by atoms with Gasteiger partial charge in [0.25, 0.3) is 0 Å². The third-order valence-electron chi connectivity index (χ3n) is 3.02. The highest BCUT2D eigenvalue weighted by atomic mass is 16.5. The Labute approximate surface area is 128 Å². The molecule has 0 aliphatic heterocycles. The van der Waals surface area contributed by atoms with Gasteiger partial charge in [-0.1, -0.05) is 42.5 Å². The van der Waals surface area contributed by atoms with E-state index >= 15 is 0 Å². The highest BCUT2D eigenvalue weighted by Gasteiger charge is 2.11. The number of hydrogen-bond donors (Lipinski definition) is 1. The van der Waals surface area contributed by atoms with Crippen molar-refractivity contribution in [1.29, 1.82) is 0 Å². The summed E-state index contributed by atoms with van der Waals surface area (Å²) in [5.41, 5.74) is 1.80. The quantitative estimate of drug-likeness (QED) is 0.521. The molecule has 2 rings (SSSR count). The second kappa shape index (κ2) is 7.22. The lowest BCUT2D eigenvalue weighted by molar-refractivity contribution is -0.130. The van der Waals surface area contributed by atoms with Crippen LogP contribution < -0.4 is 0 Å². The van der Waals surface area contributed by atoms with E-state index < -0.39 is 11.9 Å². The van der Waals surface area contributed by atoms with Crippen LogP contribution in [0.15, 0.2) is 54.6 Å². The van der Waals surface area contributed by atoms with Gasteiger partial charge in [0.05, 0.1) is 17.7 Å². The van der Waals surface area contributed by atoms with Gasteiger partial charge in [0.1, 0.15) is 0 Å². The lowest BCUT2D eigenvalue weighted by atomic mass is 10.0. The van der Waals surface area contributed by atoms with Crippen molar-refractivity contribution in [2.45, 2.75) is 6.92 Å². The lowest BCUT2D eigenvalue weighted by Crippen LogP contribution is -2.04. The van der Waals surface area contributed by atoms with E-state index in [2.05, 4.69) is 0 Å². The van der Waals surface area contributed by atoms with Crippen LogP contribution in [0.25, 0.3) is 11.6 Å². The summed E-state index contributed by atoms with van der Waals surface area (Å²) in [6, 6.07) is 15.5. The SMILES string of the molecule is CCOC(=O)c1cccc(C=C(C(=O)O)c2ccccc2)c1. The third-order valence-corrected chi connectivity index (χ3v) is 3.02. The van der Waals surface area contributed by atoms with Crippen LogP contribution in [0.5, 0.6) is 0 Å². The van der Waals surface area contributed by atoms with E-state index in [0.29, 0.717) is 23.3 Å². The van der Waals surface area contributed by atoms with Gasteiger partial charge in [-0.25, -0.2) is 9.59 Å². The van der Waals surface area contributed by atoms with Gasteiger partial charge in [-0.2, -0.15) is 0 Å². The van der Waals surface area contributed by atoms with Crippen molar-refractivity contribution < 1.29 is 19.4 Å². The molecular formula is C18H16O4. The molecule has 0 spiro atoms. The van der Waals surface area contributed by atoms with Crippen LogP contribution in [-0.4, -0.2) is 23.7 Å². The number of carbonyl (C=O) groups excluding carboxylic acids is 1. The Morgan fingerprint density at radius 3 is 2.36 bits per heavy atom. The minimum absolute atomic E-state index is 0.168. The number of carbonyl (C=O) groups is 2. The molecule has 4 nitrogen and oxygen atoms in total. The third kappa shape index (κ3) is 3.82. The summed E-state index contributed by atoms with van der Waals surface area (Å²) in [5, 5.41) is 9.39. The smallest absolute Gasteiger partial charge is 0.338 e. The molecule has 0 radical (unpaired) electrons. The van der Waals surface area contributed by atoms with Crippen LogP contribution in [0.4, 0.5) is 0 Å². The summed E-state index contributed by atoms with van der Waals surface area (Å²) in [6.07, 6.45) is 1.54. The maximum atomic E-state index is 11.7. The second-order valence-corrected chi connectivity index (χ2v) is 4.58. The molecule has 0 saturated heterocycles. The normalized spacial score (nSPS) is 11.0. The van der Waals surface area contributed by atoms with E-state index in [9.17, 15) is 14.7 Å². The maximum absolute atomic E-state index is 11.7. The topological polar surface area (TPSA) is 63.6 Å². The first-order valence-electron chi connectivity index (χ1n) is 6.89. The number of rotatable bonds is 5. The first-order chi connectivity index (χ1) is 10.6. The largest absolute Gasteiger partial charge is 0.478 e. The van der Waals surface area contributed by atoms with Crippen molar-refractivity contribution in [2.75, 3.05) is 6.61 Å². The van der Waals surface area contributed by atoms with Gasteiger partial charge >= 0.3 is 11.9 Å². The van der Waals surface area contributed by atoms with Crippen molar-refractivity contribution in [1.82, 2.24) is 0 Å². The van der Waals surface area contributed by atoms with Crippen LogP contribution in [0.2, 0.25) is 0 Å². The summed E-state index contributed by atoms with van der Waals surface area (Å²) < 4.78 is 4.94. The molecule has 0 fully saturated rings. The number of ether oxygens (including phenoxy) is 1. The minimum atomic E-state index is -1.02. The molecule has 2 aromatic rings. The highest BCUT2D eigenvalue weighted by Crippen LogP contribution is 2.19. The molecule has 0 heterocycles. The van der Waals surface area contributed by atoms with Gasteiger partial charge in [0, 0.05) is 0 Å². The van der Waals surface area contributed by atoms with Gasteiger partial charge in [-0.3, -0.25) is 0 Å². The predicted octanol–water partition coefficient (Wildman–Crippen LogP) is 3.49. The van der Waals surface area contributed by atoms with E-state index in [1.165, 1.54) is 0 Å². The Morgan fingerprint density at radius 2 is 1.73 bits per heavy atom. The molecule has 0 aromatic heterocycles. The first kappa shape index (κ1) is 15.5. The predicted molar refractivity (Wildman–Crippen MR) is 84.3 cm³/mol. The van der Waals surface area contributed by atoms with Crippen molar-refractivity contribution in [3.8, 4) is 0 Å². The Kier molecular flexibility index (Phi) is 5.09. The van der Waals surface area contributed by atoms with Crippen molar-refractivity contribution in [3.05, 3.63) is 71.3 Å². The van der Waals surface area contributed by atoms with Crippen LogP contribution in [0, 0.1) is 0 Å². The zero-order valence-electron chi connectivity index (χ0n) is 12.2. The molecule has 0 unspecified atom stereocenters. The molecule has 0 saturated carbocycles. The van der Waals surface area contributed by atoms with E-state index in [0.717, 1.165) is 0 Å². The molecule has 0 aliphatic carbocycles. The van der Waals surface area contributed by atoms with Crippen molar-refractivity contribution in [3.63, 3.8) is 0 Å². The Bertz CT molecular complexity index is 702. The van der Waals surface area contributed by atoms with E-state index in [-0.39, 0.29) is 5.57 Å². The van der Waals surface area contributed by atoms with Crippen molar-refractivity contribution >= 4 is 23.6 Å². The minimum Gasteiger partial charge on any atom is -0.478 e. The molecule has 112 valence electrons. The number of aliphatic carboxylic acids is 1. The fourth-order valence-electron chi connectivity index (χ4n) is 2.02. The average Bonchev–Trinajstić information content (AvgIpc) is 2.53. The number of carboxylic acids is 1. The van der Waals surface area contributed by atoms with Crippen LogP contribution in [0.3, 0.4) is 0 Å². The Hall–Kier alpha value is -2.88.